The molecule has 0 unspecified atom stereocenters. The van der Waals surface area contributed by atoms with Crippen molar-refractivity contribution in [3.05, 3.63) is 64.2 Å². The van der Waals surface area contributed by atoms with Crippen LogP contribution in [0.25, 0.3) is 0 Å². The predicted molar refractivity (Wildman–Crippen MR) is 118 cm³/mol. The highest BCUT2D eigenvalue weighted by Crippen LogP contribution is 2.44. The zero-order valence-corrected chi connectivity index (χ0v) is 18.6. The van der Waals surface area contributed by atoms with Gasteiger partial charge >= 0.3 is 6.18 Å². The molecule has 33 heavy (non-hydrogen) atoms. The number of hydrogen-bond acceptors (Lipinski definition) is 4. The molecule has 0 saturated carbocycles. The number of alkyl halides is 3. The van der Waals surface area contributed by atoms with E-state index >= 15 is 0 Å². The van der Waals surface area contributed by atoms with E-state index in [2.05, 4.69) is 0 Å². The number of likely N-dealkylation sites (tertiary alicyclic amines) is 1. The molecular weight excluding hydrogens is 431 g/mol. The quantitative estimate of drug-likeness (QED) is 0.752. The molecule has 0 aromatic heterocycles. The largest absolute Gasteiger partial charge is 0.417 e. The minimum absolute atomic E-state index is 0.0521. The van der Waals surface area contributed by atoms with Gasteiger partial charge in [-0.2, -0.15) is 18.4 Å². The molecule has 0 aliphatic carbocycles. The summed E-state index contributed by atoms with van der Waals surface area (Å²) in [5.74, 6) is -0.0446. The Hall–Kier alpha value is -3.05. The van der Waals surface area contributed by atoms with Crippen molar-refractivity contribution in [2.24, 2.45) is 11.3 Å². The molecule has 8 heteroatoms. The molecule has 174 valence electrons. The number of carbonyl (C=O) groups is 1. The van der Waals surface area contributed by atoms with Gasteiger partial charge < -0.3 is 14.9 Å². The maximum atomic E-state index is 13.4. The maximum Gasteiger partial charge on any atom is 0.417 e. The summed E-state index contributed by atoms with van der Waals surface area (Å²) in [6.45, 7) is 5.49. The van der Waals surface area contributed by atoms with Crippen LogP contribution in [0.1, 0.15) is 39.0 Å². The normalized spacial score (nSPS) is 22.8. The first kappa shape index (κ1) is 23.1. The molecule has 2 heterocycles. The molecule has 2 aromatic carbocycles. The lowest BCUT2D eigenvalue weighted by atomic mass is 9.74. The van der Waals surface area contributed by atoms with Crippen LogP contribution in [0.15, 0.2) is 36.4 Å². The summed E-state index contributed by atoms with van der Waals surface area (Å²) in [6.07, 6.45) is -3.96. The first-order chi connectivity index (χ1) is 15.6. The van der Waals surface area contributed by atoms with E-state index in [-0.39, 0.29) is 18.4 Å². The molecule has 0 radical (unpaired) electrons. The first-order valence-electron chi connectivity index (χ1n) is 10.9. The van der Waals surface area contributed by atoms with E-state index in [0.29, 0.717) is 43.9 Å². The van der Waals surface area contributed by atoms with Gasteiger partial charge in [-0.05, 0) is 67.6 Å². The topological polar surface area (TPSA) is 67.6 Å². The second-order valence-corrected chi connectivity index (χ2v) is 9.25. The summed E-state index contributed by atoms with van der Waals surface area (Å²) < 4.78 is 40.3. The minimum Gasteiger partial charge on any atom is -0.396 e. The summed E-state index contributed by atoms with van der Waals surface area (Å²) in [6, 6.07) is 10.9. The number of aliphatic hydroxyl groups is 1. The Bertz CT molecular complexity index is 1120. The molecule has 4 rings (SSSR count). The van der Waals surface area contributed by atoms with Crippen LogP contribution in [-0.2, 0) is 6.18 Å². The Morgan fingerprint density at radius 3 is 2.58 bits per heavy atom. The molecule has 2 atom stereocenters. The Balaban J connectivity index is 1.58. The average molecular weight is 457 g/mol. The number of nitriles is 1. The van der Waals surface area contributed by atoms with Crippen LogP contribution in [0.5, 0.6) is 0 Å². The van der Waals surface area contributed by atoms with E-state index in [1.165, 1.54) is 12.1 Å². The molecule has 1 N–H and O–H groups in total. The van der Waals surface area contributed by atoms with Crippen molar-refractivity contribution in [2.45, 2.75) is 26.4 Å². The summed E-state index contributed by atoms with van der Waals surface area (Å²) in [5.41, 5.74) is 1.12. The van der Waals surface area contributed by atoms with E-state index < -0.39 is 22.7 Å². The molecule has 0 bridgehead atoms. The number of hydrogen-bond donors (Lipinski definition) is 1. The highest BCUT2D eigenvalue weighted by Gasteiger charge is 2.50. The monoisotopic (exact) mass is 457 g/mol. The molecule has 2 fully saturated rings. The van der Waals surface area contributed by atoms with Crippen LogP contribution >= 0.6 is 0 Å². The molecule has 1 amide bonds. The highest BCUT2D eigenvalue weighted by molar-refractivity contribution is 5.94. The molecule has 2 aromatic rings. The van der Waals surface area contributed by atoms with E-state index in [9.17, 15) is 23.1 Å². The van der Waals surface area contributed by atoms with Crippen LogP contribution in [0.4, 0.5) is 18.9 Å². The molecule has 2 saturated heterocycles. The van der Waals surface area contributed by atoms with Gasteiger partial charge in [-0.3, -0.25) is 4.79 Å². The molecule has 2 aliphatic rings. The van der Waals surface area contributed by atoms with Gasteiger partial charge in [0.25, 0.3) is 5.91 Å². The lowest BCUT2D eigenvalue weighted by Gasteiger charge is -2.43. The number of aliphatic hydroxyl groups excluding tert-OH is 1. The first-order valence-corrected chi connectivity index (χ1v) is 10.9. The number of amides is 1. The molecule has 2 aliphatic heterocycles. The zero-order valence-electron chi connectivity index (χ0n) is 18.6. The second kappa shape index (κ2) is 8.38. The van der Waals surface area contributed by atoms with Crippen molar-refractivity contribution >= 4 is 11.6 Å². The van der Waals surface area contributed by atoms with Crippen LogP contribution in [0.2, 0.25) is 0 Å². The van der Waals surface area contributed by atoms with Crippen molar-refractivity contribution < 1.29 is 23.1 Å². The number of anilines is 1. The minimum atomic E-state index is -4.63. The van der Waals surface area contributed by atoms with Crippen LogP contribution in [0.3, 0.4) is 0 Å². The Morgan fingerprint density at radius 2 is 1.94 bits per heavy atom. The average Bonchev–Trinajstić information content (AvgIpc) is 3.19. The van der Waals surface area contributed by atoms with Crippen molar-refractivity contribution in [2.75, 3.05) is 37.7 Å². The van der Waals surface area contributed by atoms with Crippen molar-refractivity contribution in [1.82, 2.24) is 4.90 Å². The zero-order chi connectivity index (χ0) is 24.0. The van der Waals surface area contributed by atoms with Crippen molar-refractivity contribution in [3.8, 4) is 6.07 Å². The van der Waals surface area contributed by atoms with Gasteiger partial charge in [-0.25, -0.2) is 0 Å². The van der Waals surface area contributed by atoms with Gasteiger partial charge in [0.15, 0.2) is 0 Å². The predicted octanol–water partition coefficient (Wildman–Crippen LogP) is 4.15. The molecule has 5 nitrogen and oxygen atoms in total. The summed E-state index contributed by atoms with van der Waals surface area (Å²) in [7, 11) is 0. The van der Waals surface area contributed by atoms with Crippen LogP contribution < -0.4 is 4.90 Å². The van der Waals surface area contributed by atoms with E-state index in [4.69, 9.17) is 5.26 Å². The number of piperidine rings is 1. The number of nitrogens with zero attached hydrogens (tertiary/aromatic N) is 3. The molecule has 0 spiro atoms. The van der Waals surface area contributed by atoms with E-state index in [0.717, 1.165) is 17.2 Å². The number of carbonyl (C=O) groups excluding carboxylic acids is 1. The molecular formula is C25H26F3N3O2. The maximum absolute atomic E-state index is 13.4. The fraction of sp³-hybridized carbons (Fsp3) is 0.440. The Morgan fingerprint density at radius 1 is 1.18 bits per heavy atom. The third-order valence-corrected chi connectivity index (χ3v) is 7.22. The fourth-order valence-corrected chi connectivity index (χ4v) is 5.10. The number of benzene rings is 2. The number of rotatable bonds is 3. The van der Waals surface area contributed by atoms with Crippen molar-refractivity contribution in [3.63, 3.8) is 0 Å². The lowest BCUT2D eigenvalue weighted by molar-refractivity contribution is -0.137. The number of halogens is 3. The third kappa shape index (κ3) is 4.18. The highest BCUT2D eigenvalue weighted by atomic mass is 19.4. The van der Waals surface area contributed by atoms with Gasteiger partial charge in [0.2, 0.25) is 0 Å². The van der Waals surface area contributed by atoms with Gasteiger partial charge in [0.05, 0.1) is 23.8 Å². The summed E-state index contributed by atoms with van der Waals surface area (Å²) in [4.78, 5) is 16.7. The third-order valence-electron chi connectivity index (χ3n) is 7.22. The van der Waals surface area contributed by atoms with E-state index in [1.54, 1.807) is 17.0 Å². The van der Waals surface area contributed by atoms with Gasteiger partial charge in [-0.1, -0.05) is 6.07 Å². The van der Waals surface area contributed by atoms with Crippen LogP contribution in [0, 0.1) is 36.5 Å². The summed E-state index contributed by atoms with van der Waals surface area (Å²) in [5, 5.41) is 19.4. The lowest BCUT2D eigenvalue weighted by Crippen LogP contribution is -2.52. The van der Waals surface area contributed by atoms with Crippen LogP contribution in [-0.4, -0.2) is 48.7 Å². The number of fused-ring (bicyclic) bond motifs is 1. The SMILES string of the molecule is Cc1ccc(C(=O)N2CC[C@H]3CN(c4ccc(C#N)c(C(F)(F)F)c4)C[C@@]3(CO)C2)cc1C. The van der Waals surface area contributed by atoms with Gasteiger partial charge in [0, 0.05) is 42.8 Å². The smallest absolute Gasteiger partial charge is 0.396 e. The second-order valence-electron chi connectivity index (χ2n) is 9.25. The fourth-order valence-electron chi connectivity index (χ4n) is 5.10. The van der Waals surface area contributed by atoms with Gasteiger partial charge in [0.1, 0.15) is 0 Å². The Labute approximate surface area is 191 Å². The standard InChI is InChI=1S/C25H26F3N3O2/c1-16-3-4-18(9-17(16)2)23(33)30-8-7-20-12-31(14-24(20,13-30)15-32)21-6-5-19(11-29)22(10-21)25(26,27)28/h3-6,9-10,20,32H,7-8,12-15H2,1-2H3/t20-,24+/m0/s1. The number of aryl methyl sites for hydroxylation is 2. The van der Waals surface area contributed by atoms with Gasteiger partial charge in [-0.15, -0.1) is 0 Å². The Kier molecular flexibility index (Phi) is 5.87. The van der Waals surface area contributed by atoms with E-state index in [1.807, 2.05) is 30.9 Å². The summed E-state index contributed by atoms with van der Waals surface area (Å²) >= 11 is 0. The van der Waals surface area contributed by atoms with Crippen molar-refractivity contribution in [1.29, 1.82) is 5.26 Å².